The predicted molar refractivity (Wildman–Crippen MR) is 118 cm³/mol. The van der Waals surface area contributed by atoms with E-state index in [-0.39, 0.29) is 16.5 Å². The summed E-state index contributed by atoms with van der Waals surface area (Å²) in [6, 6.07) is 10.7. The van der Waals surface area contributed by atoms with E-state index in [0.717, 1.165) is 24.0 Å². The zero-order valence-electron chi connectivity index (χ0n) is 17.6. The highest BCUT2D eigenvalue weighted by Crippen LogP contribution is 2.42. The third kappa shape index (κ3) is 3.77. The molecule has 0 atom stereocenters. The van der Waals surface area contributed by atoms with E-state index in [9.17, 15) is 8.42 Å². The Kier molecular flexibility index (Phi) is 5.01. The first-order valence-corrected chi connectivity index (χ1v) is 11.6. The smallest absolute Gasteiger partial charge is 0.266 e. The van der Waals surface area contributed by atoms with Gasteiger partial charge < -0.3 is 14.0 Å². The molecule has 0 aliphatic heterocycles. The van der Waals surface area contributed by atoms with Gasteiger partial charge in [-0.05, 0) is 60.2 Å². The van der Waals surface area contributed by atoms with Crippen molar-refractivity contribution < 1.29 is 22.4 Å². The van der Waals surface area contributed by atoms with Crippen molar-refractivity contribution in [1.29, 1.82) is 0 Å². The Hall–Kier alpha value is -3.53. The lowest BCUT2D eigenvalue weighted by Crippen LogP contribution is -2.15. The Morgan fingerprint density at radius 3 is 2.66 bits per heavy atom. The second kappa shape index (κ2) is 7.86. The summed E-state index contributed by atoms with van der Waals surface area (Å²) in [5.41, 5.74) is 2.27. The van der Waals surface area contributed by atoms with Crippen LogP contribution in [0, 0.1) is 0 Å². The van der Waals surface area contributed by atoms with Crippen molar-refractivity contribution in [2.75, 3.05) is 18.9 Å². The normalized spacial score (nSPS) is 13.9. The zero-order valence-corrected chi connectivity index (χ0v) is 18.4. The van der Waals surface area contributed by atoms with Gasteiger partial charge in [-0.25, -0.2) is 8.42 Å². The SMILES string of the molecule is COc1ccc(C2CC2)cc1S(=O)(=O)Nc1noc2cc(Cn3cccn3)cc(OC)c12. The van der Waals surface area contributed by atoms with Gasteiger partial charge in [0, 0.05) is 12.4 Å². The average Bonchev–Trinajstić information content (AvgIpc) is 3.39. The van der Waals surface area contributed by atoms with Gasteiger partial charge in [-0.3, -0.25) is 9.40 Å². The second-order valence-electron chi connectivity index (χ2n) is 7.70. The number of hydrogen-bond donors (Lipinski definition) is 1. The molecule has 0 unspecified atom stereocenters. The number of hydrogen-bond acceptors (Lipinski definition) is 7. The number of methoxy groups -OCH3 is 2. The molecule has 9 nitrogen and oxygen atoms in total. The van der Waals surface area contributed by atoms with Crippen molar-refractivity contribution in [3.05, 3.63) is 59.9 Å². The fourth-order valence-electron chi connectivity index (χ4n) is 3.75. The van der Waals surface area contributed by atoms with Gasteiger partial charge in [-0.1, -0.05) is 11.2 Å². The minimum atomic E-state index is -3.99. The molecule has 0 spiro atoms. The van der Waals surface area contributed by atoms with E-state index in [1.54, 1.807) is 29.1 Å². The summed E-state index contributed by atoms with van der Waals surface area (Å²) >= 11 is 0. The van der Waals surface area contributed by atoms with E-state index in [1.807, 2.05) is 24.4 Å². The Bertz CT molecular complexity index is 1380. The van der Waals surface area contributed by atoms with Crippen LogP contribution in [0.3, 0.4) is 0 Å². The van der Waals surface area contributed by atoms with Crippen LogP contribution in [0.25, 0.3) is 11.0 Å². The van der Waals surface area contributed by atoms with Crippen molar-refractivity contribution in [1.82, 2.24) is 14.9 Å². The van der Waals surface area contributed by atoms with Crippen molar-refractivity contribution in [3.63, 3.8) is 0 Å². The van der Waals surface area contributed by atoms with Gasteiger partial charge in [0.15, 0.2) is 11.4 Å². The fourth-order valence-corrected chi connectivity index (χ4v) is 4.96. The van der Waals surface area contributed by atoms with E-state index in [2.05, 4.69) is 15.0 Å². The molecule has 0 amide bonds. The number of anilines is 1. The van der Waals surface area contributed by atoms with Crippen LogP contribution in [-0.4, -0.2) is 37.6 Å². The Morgan fingerprint density at radius 1 is 1.16 bits per heavy atom. The zero-order chi connectivity index (χ0) is 22.3. The van der Waals surface area contributed by atoms with Crippen LogP contribution in [0.4, 0.5) is 5.82 Å². The van der Waals surface area contributed by atoms with Crippen LogP contribution in [-0.2, 0) is 16.6 Å². The first-order valence-electron chi connectivity index (χ1n) is 10.1. The summed E-state index contributed by atoms with van der Waals surface area (Å²) in [6.07, 6.45) is 5.67. The van der Waals surface area contributed by atoms with Crippen LogP contribution >= 0.6 is 0 Å². The fraction of sp³-hybridized carbons (Fsp3) is 0.273. The number of benzene rings is 2. The molecule has 166 valence electrons. The third-order valence-corrected chi connectivity index (χ3v) is 6.84. The molecule has 1 aliphatic rings. The topological polar surface area (TPSA) is 108 Å². The lowest BCUT2D eigenvalue weighted by atomic mass is 10.1. The van der Waals surface area contributed by atoms with Crippen molar-refractivity contribution in [2.45, 2.75) is 30.2 Å². The monoisotopic (exact) mass is 454 g/mol. The number of ether oxygens (including phenoxy) is 2. The lowest BCUT2D eigenvalue weighted by molar-refractivity contribution is 0.402. The number of aromatic nitrogens is 3. The minimum absolute atomic E-state index is 0.0568. The Morgan fingerprint density at radius 2 is 1.97 bits per heavy atom. The number of rotatable bonds is 8. The maximum Gasteiger partial charge on any atom is 0.266 e. The summed E-state index contributed by atoms with van der Waals surface area (Å²) in [4.78, 5) is 0.0646. The van der Waals surface area contributed by atoms with E-state index in [0.29, 0.717) is 29.2 Å². The summed E-state index contributed by atoms with van der Waals surface area (Å²) in [6.45, 7) is 0.506. The molecule has 2 aromatic heterocycles. The second-order valence-corrected chi connectivity index (χ2v) is 9.35. The molecule has 1 fully saturated rings. The van der Waals surface area contributed by atoms with Gasteiger partial charge in [0.1, 0.15) is 21.8 Å². The van der Waals surface area contributed by atoms with Crippen molar-refractivity contribution in [2.24, 2.45) is 0 Å². The molecule has 0 saturated heterocycles. The standard InChI is InChI=1S/C22H22N4O5S/c1-29-17-7-6-16(15-4-5-15)12-20(17)32(27,28)25-22-21-18(30-2)10-14(11-19(21)31-24-22)13-26-9-3-8-23-26/h3,6-12,15H,4-5,13H2,1-2H3,(H,24,25). The van der Waals surface area contributed by atoms with E-state index in [1.165, 1.54) is 14.2 Å². The first kappa shape index (κ1) is 20.4. The molecule has 2 aromatic carbocycles. The van der Waals surface area contributed by atoms with Gasteiger partial charge in [0.05, 0.1) is 20.8 Å². The number of fused-ring (bicyclic) bond motifs is 1. The molecule has 32 heavy (non-hydrogen) atoms. The van der Waals surface area contributed by atoms with Crippen LogP contribution in [0.1, 0.15) is 29.9 Å². The highest BCUT2D eigenvalue weighted by Gasteiger charge is 2.29. The maximum atomic E-state index is 13.3. The molecular formula is C22H22N4O5S. The Balaban J connectivity index is 1.52. The van der Waals surface area contributed by atoms with Gasteiger partial charge in [-0.15, -0.1) is 0 Å². The van der Waals surface area contributed by atoms with E-state index < -0.39 is 10.0 Å². The molecule has 5 rings (SSSR count). The maximum absolute atomic E-state index is 13.3. The summed E-state index contributed by atoms with van der Waals surface area (Å²) in [7, 11) is -1.03. The number of nitrogens with one attached hydrogen (secondary N) is 1. The quantitative estimate of drug-likeness (QED) is 0.432. The molecule has 1 aliphatic carbocycles. The first-order chi connectivity index (χ1) is 15.5. The Labute approximate surface area is 185 Å². The predicted octanol–water partition coefficient (Wildman–Crippen LogP) is 3.77. The lowest BCUT2D eigenvalue weighted by Gasteiger charge is -2.12. The van der Waals surface area contributed by atoms with Crippen LogP contribution < -0.4 is 14.2 Å². The highest BCUT2D eigenvalue weighted by atomic mass is 32.2. The van der Waals surface area contributed by atoms with Crippen molar-refractivity contribution >= 4 is 26.8 Å². The van der Waals surface area contributed by atoms with Crippen LogP contribution in [0.5, 0.6) is 11.5 Å². The van der Waals surface area contributed by atoms with Crippen LogP contribution in [0.2, 0.25) is 0 Å². The van der Waals surface area contributed by atoms with Gasteiger partial charge in [-0.2, -0.15) is 5.10 Å². The van der Waals surface area contributed by atoms with Gasteiger partial charge in [0.25, 0.3) is 10.0 Å². The van der Waals surface area contributed by atoms with Crippen LogP contribution in [0.15, 0.2) is 58.2 Å². The molecule has 0 bridgehead atoms. The summed E-state index contributed by atoms with van der Waals surface area (Å²) in [5.74, 6) is 1.17. The molecule has 1 saturated carbocycles. The summed E-state index contributed by atoms with van der Waals surface area (Å²) in [5, 5.41) is 8.61. The van der Waals surface area contributed by atoms with Crippen molar-refractivity contribution in [3.8, 4) is 11.5 Å². The van der Waals surface area contributed by atoms with E-state index >= 15 is 0 Å². The largest absolute Gasteiger partial charge is 0.496 e. The molecule has 4 aromatic rings. The van der Waals surface area contributed by atoms with Gasteiger partial charge >= 0.3 is 0 Å². The average molecular weight is 455 g/mol. The summed E-state index contributed by atoms with van der Waals surface area (Å²) < 4.78 is 47.1. The highest BCUT2D eigenvalue weighted by molar-refractivity contribution is 7.92. The molecule has 10 heteroatoms. The minimum Gasteiger partial charge on any atom is -0.496 e. The third-order valence-electron chi connectivity index (χ3n) is 5.48. The van der Waals surface area contributed by atoms with E-state index in [4.69, 9.17) is 14.0 Å². The number of nitrogens with zero attached hydrogens (tertiary/aromatic N) is 3. The number of sulfonamides is 1. The molecule has 1 N–H and O–H groups in total. The molecule has 0 radical (unpaired) electrons. The molecular weight excluding hydrogens is 432 g/mol. The van der Waals surface area contributed by atoms with Gasteiger partial charge in [0.2, 0.25) is 0 Å². The molecule has 2 heterocycles.